The van der Waals surface area contributed by atoms with Crippen molar-refractivity contribution in [1.29, 1.82) is 0 Å². The fraction of sp³-hybridized carbons (Fsp3) is 0.667. The van der Waals surface area contributed by atoms with Crippen LogP contribution in [0, 0.1) is 11.8 Å². The zero-order valence-corrected chi connectivity index (χ0v) is 10.1. The molecule has 1 rings (SSSR count). The van der Waals surface area contributed by atoms with E-state index < -0.39 is 0 Å². The molecule has 0 atom stereocenters. The number of hydrogen-bond donors (Lipinski definition) is 1. The number of aliphatic imine (C=N–C) groups is 2. The Bertz CT molecular complexity index is 257. The predicted molar refractivity (Wildman–Crippen MR) is 66.6 cm³/mol. The number of rotatable bonds is 4. The van der Waals surface area contributed by atoms with Gasteiger partial charge < -0.3 is 5.32 Å². The minimum atomic E-state index is 0.601. The molecule has 1 aliphatic heterocycles. The van der Waals surface area contributed by atoms with E-state index in [1.165, 1.54) is 0 Å². The van der Waals surface area contributed by atoms with Gasteiger partial charge in [-0.15, -0.1) is 0 Å². The van der Waals surface area contributed by atoms with Crippen LogP contribution in [0.2, 0.25) is 0 Å². The standard InChI is InChI=1S/C12H21N3/c1-9(2)7-13-11-5-6-12(15-11)14-8-10(3)4/h5-6,9-10H,7-8H2,1-4H3,(H,13,14,15). The maximum absolute atomic E-state index is 4.44. The summed E-state index contributed by atoms with van der Waals surface area (Å²) in [5.41, 5.74) is 0. The van der Waals surface area contributed by atoms with E-state index in [1.807, 2.05) is 12.2 Å². The van der Waals surface area contributed by atoms with Crippen molar-refractivity contribution in [3.8, 4) is 0 Å². The third-order valence-corrected chi connectivity index (χ3v) is 1.91. The maximum Gasteiger partial charge on any atom is 0.126 e. The first-order valence-electron chi connectivity index (χ1n) is 5.62. The van der Waals surface area contributed by atoms with Gasteiger partial charge in [-0.3, -0.25) is 9.98 Å². The molecule has 15 heavy (non-hydrogen) atoms. The Balaban J connectivity index is 2.43. The highest BCUT2D eigenvalue weighted by molar-refractivity contribution is 6.17. The molecule has 84 valence electrons. The quantitative estimate of drug-likeness (QED) is 0.754. The van der Waals surface area contributed by atoms with Gasteiger partial charge in [-0.1, -0.05) is 27.7 Å². The first kappa shape index (κ1) is 12.0. The fourth-order valence-corrected chi connectivity index (χ4v) is 1.12. The summed E-state index contributed by atoms with van der Waals surface area (Å²) >= 11 is 0. The van der Waals surface area contributed by atoms with Crippen molar-refractivity contribution >= 4 is 11.7 Å². The summed E-state index contributed by atoms with van der Waals surface area (Å²) in [6.45, 7) is 10.4. The second-order valence-corrected chi connectivity index (χ2v) is 4.70. The van der Waals surface area contributed by atoms with E-state index in [9.17, 15) is 0 Å². The highest BCUT2D eigenvalue weighted by Gasteiger charge is 2.06. The largest absolute Gasteiger partial charge is 0.326 e. The van der Waals surface area contributed by atoms with Crippen molar-refractivity contribution in [3.05, 3.63) is 12.2 Å². The second-order valence-electron chi connectivity index (χ2n) is 4.70. The third kappa shape index (κ3) is 4.77. The smallest absolute Gasteiger partial charge is 0.126 e. The first-order valence-corrected chi connectivity index (χ1v) is 5.62. The van der Waals surface area contributed by atoms with Crippen LogP contribution in [0.4, 0.5) is 0 Å². The van der Waals surface area contributed by atoms with Gasteiger partial charge in [0.1, 0.15) is 11.7 Å². The number of hydrogen-bond acceptors (Lipinski definition) is 2. The van der Waals surface area contributed by atoms with Crippen LogP contribution >= 0.6 is 0 Å². The molecule has 0 unspecified atom stereocenters. The molecule has 0 amide bonds. The fourth-order valence-electron chi connectivity index (χ4n) is 1.12. The molecule has 3 nitrogen and oxygen atoms in total. The van der Waals surface area contributed by atoms with Crippen LogP contribution in [0.1, 0.15) is 27.7 Å². The molecule has 0 spiro atoms. The normalized spacial score (nSPS) is 20.9. The molecule has 1 aliphatic rings. The van der Waals surface area contributed by atoms with Gasteiger partial charge in [0.2, 0.25) is 0 Å². The maximum atomic E-state index is 4.44. The van der Waals surface area contributed by atoms with Crippen molar-refractivity contribution in [3.63, 3.8) is 0 Å². The molecule has 1 N–H and O–H groups in total. The van der Waals surface area contributed by atoms with Crippen molar-refractivity contribution in [2.75, 3.05) is 13.1 Å². The van der Waals surface area contributed by atoms with Crippen molar-refractivity contribution in [2.45, 2.75) is 27.7 Å². The van der Waals surface area contributed by atoms with Gasteiger partial charge in [-0.25, -0.2) is 0 Å². The number of nitrogens with one attached hydrogen (secondary N) is 1. The highest BCUT2D eigenvalue weighted by Crippen LogP contribution is 1.98. The molecule has 0 radical (unpaired) electrons. The van der Waals surface area contributed by atoms with Crippen LogP contribution in [0.25, 0.3) is 0 Å². The lowest BCUT2D eigenvalue weighted by atomic mass is 10.2. The van der Waals surface area contributed by atoms with Gasteiger partial charge in [0.05, 0.1) is 0 Å². The van der Waals surface area contributed by atoms with E-state index in [1.54, 1.807) is 0 Å². The molecule has 0 aromatic rings. The van der Waals surface area contributed by atoms with E-state index in [2.05, 4.69) is 43.0 Å². The van der Waals surface area contributed by atoms with Crippen molar-refractivity contribution in [1.82, 2.24) is 5.32 Å². The molecule has 0 aromatic heterocycles. The van der Waals surface area contributed by atoms with E-state index in [-0.39, 0.29) is 0 Å². The first-order chi connectivity index (χ1) is 7.08. The van der Waals surface area contributed by atoms with Gasteiger partial charge in [0, 0.05) is 13.1 Å². The molecule has 0 saturated carbocycles. The van der Waals surface area contributed by atoms with Crippen LogP contribution in [0.15, 0.2) is 22.1 Å². The average molecular weight is 207 g/mol. The van der Waals surface area contributed by atoms with E-state index in [4.69, 9.17) is 0 Å². The van der Waals surface area contributed by atoms with Crippen LogP contribution in [0.3, 0.4) is 0 Å². The minimum absolute atomic E-state index is 0.601. The van der Waals surface area contributed by atoms with E-state index in [0.717, 1.165) is 24.8 Å². The molecule has 0 saturated heterocycles. The summed E-state index contributed by atoms with van der Waals surface area (Å²) in [5, 5.41) is 3.19. The zero-order valence-electron chi connectivity index (χ0n) is 10.1. The minimum Gasteiger partial charge on any atom is -0.326 e. The Hall–Kier alpha value is -1.12. The Morgan fingerprint density at radius 3 is 1.67 bits per heavy atom. The Morgan fingerprint density at radius 1 is 0.933 bits per heavy atom. The summed E-state index contributed by atoms with van der Waals surface area (Å²) in [5.74, 6) is 3.08. The van der Waals surface area contributed by atoms with Crippen LogP contribution in [0.5, 0.6) is 0 Å². The Morgan fingerprint density at radius 2 is 1.33 bits per heavy atom. The molecule has 0 bridgehead atoms. The Labute approximate surface area is 92.4 Å². The SMILES string of the molecule is CC(C)CN=C1C=CC(=NCC(C)C)N1. The molecule has 0 fully saturated rings. The second kappa shape index (κ2) is 5.69. The molecular weight excluding hydrogens is 186 g/mol. The van der Waals surface area contributed by atoms with Gasteiger partial charge in [0.15, 0.2) is 0 Å². The van der Waals surface area contributed by atoms with Crippen LogP contribution in [-0.4, -0.2) is 24.8 Å². The lowest BCUT2D eigenvalue weighted by Gasteiger charge is -2.03. The van der Waals surface area contributed by atoms with Gasteiger partial charge in [-0.2, -0.15) is 0 Å². The van der Waals surface area contributed by atoms with Crippen LogP contribution in [-0.2, 0) is 0 Å². The summed E-state index contributed by atoms with van der Waals surface area (Å²) < 4.78 is 0. The van der Waals surface area contributed by atoms with Crippen molar-refractivity contribution in [2.24, 2.45) is 21.8 Å². The van der Waals surface area contributed by atoms with E-state index in [0.29, 0.717) is 11.8 Å². The number of nitrogens with zero attached hydrogens (tertiary/aromatic N) is 2. The monoisotopic (exact) mass is 207 g/mol. The third-order valence-electron chi connectivity index (χ3n) is 1.91. The Kier molecular flexibility index (Phi) is 4.53. The summed E-state index contributed by atoms with van der Waals surface area (Å²) in [7, 11) is 0. The highest BCUT2D eigenvalue weighted by atomic mass is 15.1. The lowest BCUT2D eigenvalue weighted by Crippen LogP contribution is -2.23. The van der Waals surface area contributed by atoms with Gasteiger partial charge in [0.25, 0.3) is 0 Å². The molecule has 0 aliphatic carbocycles. The number of amidine groups is 2. The van der Waals surface area contributed by atoms with Crippen molar-refractivity contribution < 1.29 is 0 Å². The molecule has 3 heteroatoms. The molecule has 1 heterocycles. The van der Waals surface area contributed by atoms with Crippen LogP contribution < -0.4 is 5.32 Å². The predicted octanol–water partition coefficient (Wildman–Crippen LogP) is 2.25. The molecule has 0 aromatic carbocycles. The average Bonchev–Trinajstić information content (AvgIpc) is 2.59. The zero-order chi connectivity index (χ0) is 11.3. The summed E-state index contributed by atoms with van der Waals surface area (Å²) in [4.78, 5) is 8.88. The van der Waals surface area contributed by atoms with E-state index >= 15 is 0 Å². The summed E-state index contributed by atoms with van der Waals surface area (Å²) in [6, 6.07) is 0. The topological polar surface area (TPSA) is 36.8 Å². The lowest BCUT2D eigenvalue weighted by molar-refractivity contribution is 0.663. The van der Waals surface area contributed by atoms with Gasteiger partial charge in [-0.05, 0) is 24.0 Å². The molecular formula is C12H21N3. The van der Waals surface area contributed by atoms with Gasteiger partial charge >= 0.3 is 0 Å². The summed E-state index contributed by atoms with van der Waals surface area (Å²) in [6.07, 6.45) is 3.98.